The zero-order chi connectivity index (χ0) is 17.7. The first kappa shape index (κ1) is 18.1. The molecule has 0 spiro atoms. The number of rotatable bonds is 7. The lowest BCUT2D eigenvalue weighted by Gasteiger charge is -2.34. The van der Waals surface area contributed by atoms with Crippen LogP contribution in [0.15, 0.2) is 48.7 Å². The molecule has 25 heavy (non-hydrogen) atoms. The zero-order valence-corrected chi connectivity index (χ0v) is 15.3. The van der Waals surface area contributed by atoms with Crippen LogP contribution in [0.3, 0.4) is 0 Å². The van der Waals surface area contributed by atoms with Crippen LogP contribution >= 0.6 is 0 Å². The number of benzene rings is 1. The minimum atomic E-state index is -3.39. The maximum absolute atomic E-state index is 12.5. The van der Waals surface area contributed by atoms with Gasteiger partial charge in [0.1, 0.15) is 0 Å². The molecule has 7 heteroatoms. The average molecular weight is 363 g/mol. The van der Waals surface area contributed by atoms with Crippen LogP contribution < -0.4 is 4.72 Å². The van der Waals surface area contributed by atoms with Crippen molar-refractivity contribution in [2.24, 2.45) is 7.05 Å². The first-order valence-corrected chi connectivity index (χ1v) is 10.1. The Hall–Kier alpha value is -1.67. The largest absolute Gasteiger partial charge is 0.379 e. The van der Waals surface area contributed by atoms with E-state index in [9.17, 15) is 8.42 Å². The molecule has 0 amide bonds. The number of sulfonamides is 1. The van der Waals surface area contributed by atoms with Crippen molar-refractivity contribution in [1.82, 2.24) is 14.2 Å². The van der Waals surface area contributed by atoms with Crippen LogP contribution in [0.25, 0.3) is 0 Å². The van der Waals surface area contributed by atoms with Gasteiger partial charge in [0.2, 0.25) is 10.0 Å². The van der Waals surface area contributed by atoms with E-state index in [1.807, 2.05) is 60.3 Å². The highest BCUT2D eigenvalue weighted by molar-refractivity contribution is 7.88. The third kappa shape index (κ3) is 4.92. The van der Waals surface area contributed by atoms with Gasteiger partial charge in [0.15, 0.2) is 0 Å². The molecule has 1 aromatic carbocycles. The zero-order valence-electron chi connectivity index (χ0n) is 14.5. The highest BCUT2D eigenvalue weighted by Crippen LogP contribution is 2.22. The van der Waals surface area contributed by atoms with Crippen LogP contribution in [-0.4, -0.2) is 50.7 Å². The normalized spacial score (nSPS) is 17.5. The molecule has 1 aliphatic rings. The van der Waals surface area contributed by atoms with Gasteiger partial charge in [-0.25, -0.2) is 13.1 Å². The van der Waals surface area contributed by atoms with Crippen molar-refractivity contribution in [3.8, 4) is 0 Å². The fourth-order valence-corrected chi connectivity index (χ4v) is 4.33. The topological polar surface area (TPSA) is 63.6 Å². The predicted molar refractivity (Wildman–Crippen MR) is 97.6 cm³/mol. The van der Waals surface area contributed by atoms with Crippen molar-refractivity contribution in [3.63, 3.8) is 0 Å². The van der Waals surface area contributed by atoms with Gasteiger partial charge < -0.3 is 9.30 Å². The Morgan fingerprint density at radius 3 is 2.48 bits per heavy atom. The lowest BCUT2D eigenvalue weighted by Crippen LogP contribution is -2.44. The molecular weight excluding hydrogens is 338 g/mol. The molecule has 1 fully saturated rings. The quantitative estimate of drug-likeness (QED) is 0.810. The van der Waals surface area contributed by atoms with E-state index in [0.717, 1.165) is 24.3 Å². The number of hydrogen-bond donors (Lipinski definition) is 1. The van der Waals surface area contributed by atoms with E-state index in [1.54, 1.807) is 0 Å². The molecule has 0 radical (unpaired) electrons. The Morgan fingerprint density at radius 1 is 1.12 bits per heavy atom. The minimum absolute atomic E-state index is 0.00317. The number of hydrogen-bond acceptors (Lipinski definition) is 4. The summed E-state index contributed by atoms with van der Waals surface area (Å²) in [6.07, 6.45) is 1.99. The summed E-state index contributed by atoms with van der Waals surface area (Å²) in [6, 6.07) is 13.3. The number of morpholine rings is 1. The van der Waals surface area contributed by atoms with E-state index >= 15 is 0 Å². The highest BCUT2D eigenvalue weighted by Gasteiger charge is 2.26. The summed E-state index contributed by atoms with van der Waals surface area (Å²) in [7, 11) is -1.40. The Labute approximate surface area is 149 Å². The molecule has 1 saturated heterocycles. The maximum Gasteiger partial charge on any atom is 0.215 e. The summed E-state index contributed by atoms with van der Waals surface area (Å²) in [5, 5.41) is 0. The van der Waals surface area contributed by atoms with Crippen molar-refractivity contribution in [3.05, 3.63) is 59.9 Å². The van der Waals surface area contributed by atoms with Gasteiger partial charge in [-0.2, -0.15) is 0 Å². The molecule has 6 nitrogen and oxygen atoms in total. The van der Waals surface area contributed by atoms with E-state index in [-0.39, 0.29) is 11.8 Å². The van der Waals surface area contributed by atoms with Crippen LogP contribution in [0, 0.1) is 0 Å². The molecule has 0 bridgehead atoms. The number of nitrogens with zero attached hydrogens (tertiary/aromatic N) is 2. The van der Waals surface area contributed by atoms with E-state index < -0.39 is 10.0 Å². The number of aryl methyl sites for hydroxylation is 1. The van der Waals surface area contributed by atoms with E-state index in [0.29, 0.717) is 19.8 Å². The van der Waals surface area contributed by atoms with Gasteiger partial charge in [-0.15, -0.1) is 0 Å². The SMILES string of the molecule is Cn1cccc1C(CNS(=O)(=O)Cc1ccccc1)N1CCOCC1. The van der Waals surface area contributed by atoms with Gasteiger partial charge in [0, 0.05) is 38.6 Å². The summed E-state index contributed by atoms with van der Waals surface area (Å²) in [5.41, 5.74) is 1.89. The van der Waals surface area contributed by atoms with Crippen molar-refractivity contribution >= 4 is 10.0 Å². The first-order valence-electron chi connectivity index (χ1n) is 8.49. The molecule has 2 heterocycles. The van der Waals surface area contributed by atoms with E-state index in [4.69, 9.17) is 4.74 Å². The van der Waals surface area contributed by atoms with Crippen molar-refractivity contribution in [2.75, 3.05) is 32.8 Å². The van der Waals surface area contributed by atoms with Gasteiger partial charge in [-0.1, -0.05) is 30.3 Å². The molecule has 0 aliphatic carbocycles. The van der Waals surface area contributed by atoms with Crippen molar-refractivity contribution in [1.29, 1.82) is 0 Å². The summed E-state index contributed by atoms with van der Waals surface area (Å²) in [4.78, 5) is 2.28. The van der Waals surface area contributed by atoms with E-state index in [1.165, 1.54) is 0 Å². The third-order valence-corrected chi connectivity index (χ3v) is 5.83. The lowest BCUT2D eigenvalue weighted by atomic mass is 10.1. The monoisotopic (exact) mass is 363 g/mol. The van der Waals surface area contributed by atoms with Gasteiger partial charge in [0.05, 0.1) is 25.0 Å². The van der Waals surface area contributed by atoms with Crippen LogP contribution in [0.2, 0.25) is 0 Å². The first-order chi connectivity index (χ1) is 12.1. The predicted octanol–water partition coefficient (Wildman–Crippen LogP) is 1.52. The van der Waals surface area contributed by atoms with Gasteiger partial charge in [0.25, 0.3) is 0 Å². The van der Waals surface area contributed by atoms with Gasteiger partial charge >= 0.3 is 0 Å². The summed E-state index contributed by atoms with van der Waals surface area (Å²) in [5.74, 6) is -0.00317. The van der Waals surface area contributed by atoms with Crippen LogP contribution in [-0.2, 0) is 27.6 Å². The molecule has 1 aliphatic heterocycles. The van der Waals surface area contributed by atoms with Crippen molar-refractivity contribution < 1.29 is 13.2 Å². The Bertz CT molecular complexity index is 768. The molecule has 1 unspecified atom stereocenters. The molecule has 0 saturated carbocycles. The lowest BCUT2D eigenvalue weighted by molar-refractivity contribution is 0.0158. The number of nitrogens with one attached hydrogen (secondary N) is 1. The fourth-order valence-electron chi connectivity index (χ4n) is 3.18. The van der Waals surface area contributed by atoms with Crippen LogP contribution in [0.5, 0.6) is 0 Å². The van der Waals surface area contributed by atoms with Gasteiger partial charge in [-0.05, 0) is 17.7 Å². The second-order valence-corrected chi connectivity index (χ2v) is 8.11. The second kappa shape index (κ2) is 8.14. The maximum atomic E-state index is 12.5. The fraction of sp³-hybridized carbons (Fsp3) is 0.444. The van der Waals surface area contributed by atoms with Crippen LogP contribution in [0.4, 0.5) is 0 Å². The molecular formula is C18H25N3O3S. The molecule has 1 N–H and O–H groups in total. The van der Waals surface area contributed by atoms with E-state index in [2.05, 4.69) is 9.62 Å². The van der Waals surface area contributed by atoms with Gasteiger partial charge in [-0.3, -0.25) is 4.90 Å². The third-order valence-electron chi connectivity index (χ3n) is 4.51. The Balaban J connectivity index is 1.70. The summed E-state index contributed by atoms with van der Waals surface area (Å²) >= 11 is 0. The standard InChI is InChI=1S/C18H25N3O3S/c1-20-9-5-8-17(20)18(21-10-12-24-13-11-21)14-19-25(22,23)15-16-6-3-2-4-7-16/h2-9,18-19H,10-15H2,1H3. The molecule has 136 valence electrons. The molecule has 3 rings (SSSR count). The summed E-state index contributed by atoms with van der Waals surface area (Å²) < 4.78 is 35.2. The second-order valence-electron chi connectivity index (χ2n) is 6.30. The number of ether oxygens (including phenoxy) is 1. The van der Waals surface area contributed by atoms with Crippen molar-refractivity contribution in [2.45, 2.75) is 11.8 Å². The molecule has 1 atom stereocenters. The average Bonchev–Trinajstić information content (AvgIpc) is 3.02. The molecule has 2 aromatic rings. The smallest absolute Gasteiger partial charge is 0.215 e. The Morgan fingerprint density at radius 2 is 1.84 bits per heavy atom. The number of aromatic nitrogens is 1. The minimum Gasteiger partial charge on any atom is -0.379 e. The van der Waals surface area contributed by atoms with Crippen LogP contribution in [0.1, 0.15) is 17.3 Å². The summed E-state index contributed by atoms with van der Waals surface area (Å²) in [6.45, 7) is 3.31. The molecule has 1 aromatic heterocycles. The Kier molecular flexibility index (Phi) is 5.90. The highest BCUT2D eigenvalue weighted by atomic mass is 32.2.